The number of benzene rings is 1. The molecule has 1 rings (SSSR count). The lowest BCUT2D eigenvalue weighted by Crippen LogP contribution is -2.39. The molecule has 0 spiro atoms. The van der Waals surface area contributed by atoms with Crippen LogP contribution in [-0.2, 0) is 4.74 Å². The highest BCUT2D eigenvalue weighted by Crippen LogP contribution is 2.24. The predicted octanol–water partition coefficient (Wildman–Crippen LogP) is 1.33. The average Bonchev–Trinajstić information content (AvgIpc) is 2.36. The van der Waals surface area contributed by atoms with Gasteiger partial charge in [0.15, 0.2) is 0 Å². The van der Waals surface area contributed by atoms with Gasteiger partial charge in [-0.05, 0) is 19.9 Å². The Hall–Kier alpha value is -2.15. The third-order valence-electron chi connectivity index (χ3n) is 2.75. The molecule has 7 nitrogen and oxygen atoms in total. The standard InChI is InChI=1S/C12H17N3O4/c1-12(2,19-3)7-14-11(16)8-5-4-6-9(10(8)13)15(17)18/h4-6H,7,13H2,1-3H3,(H,14,16). The van der Waals surface area contributed by atoms with Crippen molar-refractivity contribution < 1.29 is 14.5 Å². The Morgan fingerprint density at radius 3 is 2.68 bits per heavy atom. The fourth-order valence-electron chi connectivity index (χ4n) is 1.37. The number of carbonyl (C=O) groups is 1. The molecule has 0 aromatic heterocycles. The second-order valence-electron chi connectivity index (χ2n) is 4.64. The topological polar surface area (TPSA) is 107 Å². The minimum absolute atomic E-state index is 0.0844. The second kappa shape index (κ2) is 5.66. The van der Waals surface area contributed by atoms with E-state index in [9.17, 15) is 14.9 Å². The van der Waals surface area contributed by atoms with Crippen LogP contribution in [0.15, 0.2) is 18.2 Å². The molecule has 7 heteroatoms. The highest BCUT2D eigenvalue weighted by molar-refractivity contribution is 6.01. The summed E-state index contributed by atoms with van der Waals surface area (Å²) in [4.78, 5) is 22.0. The molecule has 0 radical (unpaired) electrons. The van der Waals surface area contributed by atoms with Crippen LogP contribution in [0.2, 0.25) is 0 Å². The van der Waals surface area contributed by atoms with Gasteiger partial charge in [0.2, 0.25) is 0 Å². The number of nitrogens with zero attached hydrogens (tertiary/aromatic N) is 1. The molecule has 1 aromatic rings. The molecule has 0 heterocycles. The van der Waals surface area contributed by atoms with Gasteiger partial charge < -0.3 is 15.8 Å². The maximum Gasteiger partial charge on any atom is 0.292 e. The Morgan fingerprint density at radius 1 is 1.53 bits per heavy atom. The fourth-order valence-corrected chi connectivity index (χ4v) is 1.37. The largest absolute Gasteiger partial charge is 0.393 e. The number of anilines is 1. The molecule has 0 saturated heterocycles. The van der Waals surface area contributed by atoms with Gasteiger partial charge in [0.05, 0.1) is 16.1 Å². The first-order valence-corrected chi connectivity index (χ1v) is 5.65. The third-order valence-corrected chi connectivity index (χ3v) is 2.75. The van der Waals surface area contributed by atoms with Crippen LogP contribution in [0, 0.1) is 10.1 Å². The molecule has 0 atom stereocenters. The molecule has 3 N–H and O–H groups in total. The lowest BCUT2D eigenvalue weighted by Gasteiger charge is -2.23. The van der Waals surface area contributed by atoms with Gasteiger partial charge >= 0.3 is 0 Å². The number of rotatable bonds is 5. The van der Waals surface area contributed by atoms with E-state index in [1.54, 1.807) is 0 Å². The summed E-state index contributed by atoms with van der Waals surface area (Å²) < 4.78 is 5.16. The van der Waals surface area contributed by atoms with Crippen molar-refractivity contribution in [2.45, 2.75) is 19.4 Å². The summed E-state index contributed by atoms with van der Waals surface area (Å²) in [6, 6.07) is 4.12. The Balaban J connectivity index is 2.89. The van der Waals surface area contributed by atoms with Gasteiger partial charge in [-0.15, -0.1) is 0 Å². The van der Waals surface area contributed by atoms with Gasteiger partial charge in [-0.2, -0.15) is 0 Å². The van der Waals surface area contributed by atoms with Crippen LogP contribution in [0.3, 0.4) is 0 Å². The summed E-state index contributed by atoms with van der Waals surface area (Å²) in [5.74, 6) is -0.466. The van der Waals surface area contributed by atoms with Gasteiger partial charge in [0.1, 0.15) is 5.69 Å². The highest BCUT2D eigenvalue weighted by Gasteiger charge is 2.21. The fraction of sp³-hybridized carbons (Fsp3) is 0.417. The lowest BCUT2D eigenvalue weighted by molar-refractivity contribution is -0.383. The van der Waals surface area contributed by atoms with E-state index in [0.29, 0.717) is 0 Å². The van der Waals surface area contributed by atoms with Crippen LogP contribution in [0.1, 0.15) is 24.2 Å². The number of nitro groups is 1. The van der Waals surface area contributed by atoms with E-state index in [-0.39, 0.29) is 23.5 Å². The van der Waals surface area contributed by atoms with Crippen molar-refractivity contribution in [2.24, 2.45) is 0 Å². The van der Waals surface area contributed by atoms with Gasteiger partial charge in [0, 0.05) is 19.7 Å². The number of nitrogens with one attached hydrogen (secondary N) is 1. The van der Waals surface area contributed by atoms with E-state index >= 15 is 0 Å². The molecule has 0 aliphatic heterocycles. The third kappa shape index (κ3) is 3.65. The monoisotopic (exact) mass is 267 g/mol. The Labute approximate surface area is 110 Å². The molecular weight excluding hydrogens is 250 g/mol. The Kier molecular flexibility index (Phi) is 4.44. The average molecular weight is 267 g/mol. The van der Waals surface area contributed by atoms with E-state index in [4.69, 9.17) is 10.5 Å². The summed E-state index contributed by atoms with van der Waals surface area (Å²) in [6.07, 6.45) is 0. The van der Waals surface area contributed by atoms with Crippen LogP contribution in [0.4, 0.5) is 11.4 Å². The number of nitro benzene ring substituents is 1. The van der Waals surface area contributed by atoms with Gasteiger partial charge in [-0.25, -0.2) is 0 Å². The minimum atomic E-state index is -0.620. The zero-order valence-electron chi connectivity index (χ0n) is 11.1. The summed E-state index contributed by atoms with van der Waals surface area (Å²) in [5.41, 5.74) is 4.77. The molecule has 0 saturated carbocycles. The number of carbonyl (C=O) groups excluding carboxylic acids is 1. The number of amides is 1. The van der Waals surface area contributed by atoms with E-state index < -0.39 is 16.4 Å². The van der Waals surface area contributed by atoms with Crippen molar-refractivity contribution in [3.63, 3.8) is 0 Å². The van der Waals surface area contributed by atoms with Crippen LogP contribution in [-0.4, -0.2) is 30.1 Å². The predicted molar refractivity (Wildman–Crippen MR) is 70.9 cm³/mol. The second-order valence-corrected chi connectivity index (χ2v) is 4.64. The van der Waals surface area contributed by atoms with E-state index in [0.717, 1.165) is 0 Å². The quantitative estimate of drug-likeness (QED) is 0.475. The van der Waals surface area contributed by atoms with Gasteiger partial charge in [-0.3, -0.25) is 14.9 Å². The van der Waals surface area contributed by atoms with Crippen LogP contribution < -0.4 is 11.1 Å². The SMILES string of the molecule is COC(C)(C)CNC(=O)c1cccc([N+](=O)[O-])c1N. The van der Waals surface area contributed by atoms with E-state index in [2.05, 4.69) is 5.32 Å². The Bertz CT molecular complexity index is 500. The maximum absolute atomic E-state index is 11.9. The molecule has 1 aromatic carbocycles. The minimum Gasteiger partial charge on any atom is -0.393 e. The normalized spacial score (nSPS) is 11.1. The van der Waals surface area contributed by atoms with Crippen molar-refractivity contribution in [1.29, 1.82) is 0 Å². The van der Waals surface area contributed by atoms with Crippen molar-refractivity contribution in [3.05, 3.63) is 33.9 Å². The molecule has 19 heavy (non-hydrogen) atoms. The van der Waals surface area contributed by atoms with Gasteiger partial charge in [-0.1, -0.05) is 6.07 Å². The highest BCUT2D eigenvalue weighted by atomic mass is 16.6. The van der Waals surface area contributed by atoms with E-state index in [1.165, 1.54) is 25.3 Å². The molecule has 1 amide bonds. The molecule has 0 aliphatic rings. The number of hydrogen-bond donors (Lipinski definition) is 2. The Morgan fingerprint density at radius 2 is 2.16 bits per heavy atom. The van der Waals surface area contributed by atoms with Crippen LogP contribution in [0.5, 0.6) is 0 Å². The van der Waals surface area contributed by atoms with E-state index in [1.807, 2.05) is 13.8 Å². The number of ether oxygens (including phenoxy) is 1. The summed E-state index contributed by atoms with van der Waals surface area (Å²) in [6.45, 7) is 3.89. The van der Waals surface area contributed by atoms with Crippen LogP contribution in [0.25, 0.3) is 0 Å². The molecule has 0 unspecified atom stereocenters. The van der Waals surface area contributed by atoms with Gasteiger partial charge in [0.25, 0.3) is 11.6 Å². The molecule has 0 fully saturated rings. The first-order chi connectivity index (χ1) is 8.78. The lowest BCUT2D eigenvalue weighted by atomic mass is 10.1. The van der Waals surface area contributed by atoms with Crippen molar-refractivity contribution in [1.82, 2.24) is 5.32 Å². The van der Waals surface area contributed by atoms with Crippen molar-refractivity contribution in [3.8, 4) is 0 Å². The smallest absolute Gasteiger partial charge is 0.292 e. The number of para-hydroxylation sites is 1. The summed E-state index contributed by atoms with van der Waals surface area (Å²) in [5, 5.41) is 13.4. The molecule has 104 valence electrons. The van der Waals surface area contributed by atoms with Crippen LogP contribution >= 0.6 is 0 Å². The number of hydrogen-bond acceptors (Lipinski definition) is 5. The molecular formula is C12H17N3O4. The zero-order valence-corrected chi connectivity index (χ0v) is 11.1. The number of nitrogens with two attached hydrogens (primary N) is 1. The number of methoxy groups -OCH3 is 1. The first-order valence-electron chi connectivity index (χ1n) is 5.65. The van der Waals surface area contributed by atoms with Crippen molar-refractivity contribution in [2.75, 3.05) is 19.4 Å². The maximum atomic E-state index is 11.9. The number of nitrogen functional groups attached to an aromatic ring is 1. The summed E-state index contributed by atoms with van der Waals surface area (Å²) in [7, 11) is 1.54. The zero-order chi connectivity index (χ0) is 14.6. The van der Waals surface area contributed by atoms with Crippen molar-refractivity contribution >= 4 is 17.3 Å². The first kappa shape index (κ1) is 14.9. The summed E-state index contributed by atoms with van der Waals surface area (Å²) >= 11 is 0. The molecule has 0 bridgehead atoms. The molecule has 0 aliphatic carbocycles.